The van der Waals surface area contributed by atoms with Crippen molar-refractivity contribution in [2.75, 3.05) is 13.1 Å². The van der Waals surface area contributed by atoms with Crippen LogP contribution in [0.2, 0.25) is 0 Å². The molecular weight excluding hydrogens is 246 g/mol. The molecule has 0 bridgehead atoms. The van der Waals surface area contributed by atoms with E-state index in [2.05, 4.69) is 32.6 Å². The second-order valence-corrected chi connectivity index (χ2v) is 6.20. The van der Waals surface area contributed by atoms with Crippen LogP contribution in [0.3, 0.4) is 0 Å². The van der Waals surface area contributed by atoms with Gasteiger partial charge in [-0.15, -0.1) is 0 Å². The first kappa shape index (κ1) is 19.9. The predicted molar refractivity (Wildman–Crippen MR) is 89.9 cm³/mol. The molecule has 0 aromatic carbocycles. The van der Waals surface area contributed by atoms with Gasteiger partial charge in [-0.05, 0) is 31.6 Å². The van der Waals surface area contributed by atoms with E-state index in [-0.39, 0.29) is 6.23 Å². The van der Waals surface area contributed by atoms with Gasteiger partial charge in [-0.3, -0.25) is 4.90 Å². The summed E-state index contributed by atoms with van der Waals surface area (Å²) in [4.78, 5) is 2.33. The molecule has 2 atom stereocenters. The minimum atomic E-state index is -0.218. The molecule has 0 aliphatic heterocycles. The maximum absolute atomic E-state index is 10.8. The van der Waals surface area contributed by atoms with Crippen LogP contribution in [0.5, 0.6) is 0 Å². The van der Waals surface area contributed by atoms with Crippen molar-refractivity contribution in [2.45, 2.75) is 98.1 Å². The Morgan fingerprint density at radius 1 is 0.700 bits per heavy atom. The van der Waals surface area contributed by atoms with Crippen LogP contribution >= 0.6 is 0 Å². The second kappa shape index (κ2) is 13.9. The van der Waals surface area contributed by atoms with E-state index < -0.39 is 0 Å². The number of rotatable bonds is 14. The van der Waals surface area contributed by atoms with E-state index in [1.807, 2.05) is 0 Å². The van der Waals surface area contributed by atoms with E-state index >= 15 is 0 Å². The van der Waals surface area contributed by atoms with E-state index in [0.717, 1.165) is 19.5 Å². The van der Waals surface area contributed by atoms with Crippen LogP contribution < -0.4 is 0 Å². The molecule has 0 saturated heterocycles. The van der Waals surface area contributed by atoms with Crippen LogP contribution in [0.25, 0.3) is 0 Å². The van der Waals surface area contributed by atoms with Gasteiger partial charge < -0.3 is 5.11 Å². The van der Waals surface area contributed by atoms with Gasteiger partial charge in [0, 0.05) is 13.1 Å². The SMILES string of the molecule is CCCCCC(CCCC)C(O)N(CCC)CCCC. The van der Waals surface area contributed by atoms with Crippen LogP contribution in [-0.4, -0.2) is 29.3 Å². The zero-order valence-corrected chi connectivity index (χ0v) is 14.5. The Morgan fingerprint density at radius 3 is 1.85 bits per heavy atom. The van der Waals surface area contributed by atoms with Crippen LogP contribution in [-0.2, 0) is 0 Å². The molecule has 1 N–H and O–H groups in total. The zero-order chi connectivity index (χ0) is 15.2. The molecule has 2 heteroatoms. The summed E-state index contributed by atoms with van der Waals surface area (Å²) in [6.07, 6.45) is 12.0. The Labute approximate surface area is 127 Å². The third-order valence-corrected chi connectivity index (χ3v) is 4.21. The molecule has 122 valence electrons. The Bertz CT molecular complexity index is 196. The van der Waals surface area contributed by atoms with Crippen LogP contribution in [0.15, 0.2) is 0 Å². The van der Waals surface area contributed by atoms with Gasteiger partial charge in [0.2, 0.25) is 0 Å². The van der Waals surface area contributed by atoms with Gasteiger partial charge in [-0.2, -0.15) is 0 Å². The molecular formula is C18H39NO. The van der Waals surface area contributed by atoms with Crippen molar-refractivity contribution in [1.82, 2.24) is 4.90 Å². The highest BCUT2D eigenvalue weighted by atomic mass is 16.3. The smallest absolute Gasteiger partial charge is 0.110 e. The molecule has 20 heavy (non-hydrogen) atoms. The van der Waals surface area contributed by atoms with E-state index in [9.17, 15) is 5.11 Å². The van der Waals surface area contributed by atoms with Crippen molar-refractivity contribution in [3.8, 4) is 0 Å². The highest BCUT2D eigenvalue weighted by Gasteiger charge is 2.23. The van der Waals surface area contributed by atoms with Gasteiger partial charge in [-0.25, -0.2) is 0 Å². The van der Waals surface area contributed by atoms with Crippen molar-refractivity contribution in [3.05, 3.63) is 0 Å². The standard InChI is InChI=1S/C18H39NO/c1-5-9-12-14-17(13-10-6-2)18(20)19(15-8-4)16-11-7-3/h17-18,20H,5-16H2,1-4H3. The molecule has 0 aromatic rings. The Hall–Kier alpha value is -0.0800. The summed E-state index contributed by atoms with van der Waals surface area (Å²) in [6, 6.07) is 0. The monoisotopic (exact) mass is 285 g/mol. The number of aliphatic hydroxyl groups excluding tert-OH is 1. The first-order chi connectivity index (χ1) is 9.71. The van der Waals surface area contributed by atoms with Crippen LogP contribution in [0, 0.1) is 5.92 Å². The van der Waals surface area contributed by atoms with Gasteiger partial charge >= 0.3 is 0 Å². The molecule has 2 nitrogen and oxygen atoms in total. The van der Waals surface area contributed by atoms with Crippen molar-refractivity contribution >= 4 is 0 Å². The van der Waals surface area contributed by atoms with E-state index in [1.165, 1.54) is 57.8 Å². The number of aliphatic hydroxyl groups is 1. The average Bonchev–Trinajstić information content (AvgIpc) is 2.46. The van der Waals surface area contributed by atoms with Crippen molar-refractivity contribution < 1.29 is 5.11 Å². The number of nitrogens with zero attached hydrogens (tertiary/aromatic N) is 1. The molecule has 0 rings (SSSR count). The minimum absolute atomic E-state index is 0.218. The van der Waals surface area contributed by atoms with Gasteiger partial charge in [-0.1, -0.05) is 66.2 Å². The third kappa shape index (κ3) is 8.97. The quantitative estimate of drug-likeness (QED) is 0.350. The summed E-state index contributed by atoms with van der Waals surface area (Å²) in [5, 5.41) is 10.8. The Kier molecular flexibility index (Phi) is 13.8. The molecule has 0 spiro atoms. The Morgan fingerprint density at radius 2 is 1.30 bits per heavy atom. The third-order valence-electron chi connectivity index (χ3n) is 4.21. The molecule has 0 aromatic heterocycles. The van der Waals surface area contributed by atoms with Crippen molar-refractivity contribution in [2.24, 2.45) is 5.92 Å². The summed E-state index contributed by atoms with van der Waals surface area (Å²) < 4.78 is 0. The van der Waals surface area contributed by atoms with Gasteiger partial charge in [0.15, 0.2) is 0 Å². The second-order valence-electron chi connectivity index (χ2n) is 6.20. The molecule has 0 amide bonds. The molecule has 0 heterocycles. The summed E-state index contributed by atoms with van der Waals surface area (Å²) in [6.45, 7) is 11.0. The highest BCUT2D eigenvalue weighted by molar-refractivity contribution is 4.71. The summed E-state index contributed by atoms with van der Waals surface area (Å²) >= 11 is 0. The highest BCUT2D eigenvalue weighted by Crippen LogP contribution is 2.23. The van der Waals surface area contributed by atoms with Crippen molar-refractivity contribution in [3.63, 3.8) is 0 Å². The van der Waals surface area contributed by atoms with Gasteiger partial charge in [0.25, 0.3) is 0 Å². The lowest BCUT2D eigenvalue weighted by Crippen LogP contribution is -2.41. The molecule has 0 saturated carbocycles. The fourth-order valence-electron chi connectivity index (χ4n) is 2.89. The summed E-state index contributed by atoms with van der Waals surface area (Å²) in [5.41, 5.74) is 0. The van der Waals surface area contributed by atoms with Gasteiger partial charge in [0.05, 0.1) is 0 Å². The molecule has 0 radical (unpaired) electrons. The zero-order valence-electron chi connectivity index (χ0n) is 14.5. The normalized spacial score (nSPS) is 14.7. The summed E-state index contributed by atoms with van der Waals surface area (Å²) in [7, 11) is 0. The lowest BCUT2D eigenvalue weighted by Gasteiger charge is -2.33. The van der Waals surface area contributed by atoms with Crippen LogP contribution in [0.4, 0.5) is 0 Å². The molecule has 0 aliphatic rings. The number of unbranched alkanes of at least 4 members (excludes halogenated alkanes) is 4. The maximum atomic E-state index is 10.8. The molecule has 0 aliphatic carbocycles. The molecule has 2 unspecified atom stereocenters. The number of hydrogen-bond acceptors (Lipinski definition) is 2. The van der Waals surface area contributed by atoms with Gasteiger partial charge in [0.1, 0.15) is 6.23 Å². The maximum Gasteiger partial charge on any atom is 0.110 e. The number of hydrogen-bond donors (Lipinski definition) is 1. The van der Waals surface area contributed by atoms with E-state index in [1.54, 1.807) is 0 Å². The van der Waals surface area contributed by atoms with Crippen LogP contribution in [0.1, 0.15) is 91.9 Å². The first-order valence-electron chi connectivity index (χ1n) is 9.13. The molecule has 0 fully saturated rings. The largest absolute Gasteiger partial charge is 0.378 e. The van der Waals surface area contributed by atoms with E-state index in [4.69, 9.17) is 0 Å². The average molecular weight is 286 g/mol. The lowest BCUT2D eigenvalue weighted by atomic mass is 9.93. The minimum Gasteiger partial charge on any atom is -0.378 e. The fourth-order valence-corrected chi connectivity index (χ4v) is 2.89. The van der Waals surface area contributed by atoms with Crippen molar-refractivity contribution in [1.29, 1.82) is 0 Å². The Balaban J connectivity index is 4.44. The fraction of sp³-hybridized carbons (Fsp3) is 1.00. The summed E-state index contributed by atoms with van der Waals surface area (Å²) in [5.74, 6) is 0.477. The first-order valence-corrected chi connectivity index (χ1v) is 9.13. The lowest BCUT2D eigenvalue weighted by molar-refractivity contribution is -0.0470. The topological polar surface area (TPSA) is 23.5 Å². The van der Waals surface area contributed by atoms with E-state index in [0.29, 0.717) is 5.92 Å². The predicted octanol–water partition coefficient (Wildman–Crippen LogP) is 5.20.